The molecule has 18 heavy (non-hydrogen) atoms. The summed E-state index contributed by atoms with van der Waals surface area (Å²) in [4.78, 5) is 8.32. The predicted octanol–water partition coefficient (Wildman–Crippen LogP) is -3.17. The standard InChI is InChI=1S/C13H25N4.HI/c1-2-9-17-10-7-15-4-3-14-5-6-16(8-11-17)13(17)12(14)15;/h12-13H,2-11H2,1H3;1H/q+1;/p-1. The molecule has 5 heteroatoms. The van der Waals surface area contributed by atoms with Gasteiger partial charge < -0.3 is 28.5 Å². The molecule has 4 saturated heterocycles. The third kappa shape index (κ3) is 1.70. The third-order valence-electron chi connectivity index (χ3n) is 5.63. The average Bonchev–Trinajstić information content (AvgIpc) is 2.89. The lowest BCUT2D eigenvalue weighted by atomic mass is 10.1. The minimum atomic E-state index is 0. The molecule has 0 aliphatic carbocycles. The van der Waals surface area contributed by atoms with Crippen molar-refractivity contribution in [1.82, 2.24) is 14.7 Å². The van der Waals surface area contributed by atoms with Crippen molar-refractivity contribution >= 4 is 0 Å². The van der Waals surface area contributed by atoms with Crippen LogP contribution >= 0.6 is 0 Å². The van der Waals surface area contributed by atoms with Gasteiger partial charge in [-0.1, -0.05) is 6.92 Å². The van der Waals surface area contributed by atoms with E-state index in [4.69, 9.17) is 0 Å². The maximum atomic E-state index is 2.80. The largest absolute Gasteiger partial charge is 1.00 e. The number of halogens is 1. The molecule has 0 aromatic heterocycles. The normalized spacial score (nSPS) is 43.8. The summed E-state index contributed by atoms with van der Waals surface area (Å²) in [5.74, 6) is 0. The van der Waals surface area contributed by atoms with Gasteiger partial charge in [0.1, 0.15) is 6.17 Å². The van der Waals surface area contributed by atoms with Crippen molar-refractivity contribution in [3.8, 4) is 0 Å². The fourth-order valence-electron chi connectivity index (χ4n) is 4.90. The molecule has 4 rings (SSSR count). The van der Waals surface area contributed by atoms with Crippen LogP contribution in [0.5, 0.6) is 0 Å². The van der Waals surface area contributed by atoms with E-state index in [9.17, 15) is 0 Å². The molecule has 4 fully saturated rings. The highest BCUT2D eigenvalue weighted by molar-refractivity contribution is 4.97. The van der Waals surface area contributed by atoms with Crippen LogP contribution in [0.1, 0.15) is 13.3 Å². The Morgan fingerprint density at radius 2 is 1.44 bits per heavy atom. The highest BCUT2D eigenvalue weighted by Gasteiger charge is 2.59. The van der Waals surface area contributed by atoms with Crippen molar-refractivity contribution < 1.29 is 28.5 Å². The van der Waals surface area contributed by atoms with Gasteiger partial charge >= 0.3 is 0 Å². The van der Waals surface area contributed by atoms with E-state index < -0.39 is 0 Å². The van der Waals surface area contributed by atoms with Crippen LogP contribution in [0.3, 0.4) is 0 Å². The van der Waals surface area contributed by atoms with E-state index >= 15 is 0 Å². The van der Waals surface area contributed by atoms with Crippen molar-refractivity contribution in [3.05, 3.63) is 0 Å². The van der Waals surface area contributed by atoms with Gasteiger partial charge in [-0.2, -0.15) is 0 Å². The first-order valence-corrected chi connectivity index (χ1v) is 7.42. The van der Waals surface area contributed by atoms with Crippen molar-refractivity contribution in [1.29, 1.82) is 0 Å². The molecule has 4 heterocycles. The second-order valence-corrected chi connectivity index (χ2v) is 6.32. The quantitative estimate of drug-likeness (QED) is 0.378. The number of rotatable bonds is 2. The maximum Gasteiger partial charge on any atom is 0.175 e. The lowest BCUT2D eigenvalue weighted by Gasteiger charge is -2.54. The molecular formula is C13H25IN4. The highest BCUT2D eigenvalue weighted by atomic mass is 127. The summed E-state index contributed by atoms with van der Waals surface area (Å²) in [5, 5.41) is 0. The second kappa shape index (κ2) is 4.84. The van der Waals surface area contributed by atoms with Gasteiger partial charge in [0, 0.05) is 32.7 Å². The fourth-order valence-corrected chi connectivity index (χ4v) is 4.90. The molecule has 3 atom stereocenters. The molecule has 3 unspecified atom stereocenters. The van der Waals surface area contributed by atoms with Crippen molar-refractivity contribution in [2.45, 2.75) is 25.7 Å². The Bertz CT molecular complexity index is 320. The smallest absolute Gasteiger partial charge is 0.175 e. The first-order valence-electron chi connectivity index (χ1n) is 7.42. The number of nitrogens with zero attached hydrogens (tertiary/aromatic N) is 4. The SMILES string of the molecule is CCC[N+]12CCN3CCN4CCN(CC1)C2C43.[I-]. The highest BCUT2D eigenvalue weighted by Crippen LogP contribution is 2.38. The minimum absolute atomic E-state index is 0. The Balaban J connectivity index is 0.000001000. The Morgan fingerprint density at radius 3 is 2.11 bits per heavy atom. The molecule has 0 bridgehead atoms. The molecule has 0 radical (unpaired) electrons. The third-order valence-corrected chi connectivity index (χ3v) is 5.63. The Morgan fingerprint density at radius 1 is 0.889 bits per heavy atom. The zero-order valence-electron chi connectivity index (χ0n) is 11.4. The summed E-state index contributed by atoms with van der Waals surface area (Å²) in [6.45, 7) is 14.5. The zero-order valence-corrected chi connectivity index (χ0v) is 13.6. The predicted molar refractivity (Wildman–Crippen MR) is 67.4 cm³/mol. The van der Waals surface area contributed by atoms with E-state index in [-0.39, 0.29) is 24.0 Å². The first-order chi connectivity index (χ1) is 8.34. The summed E-state index contributed by atoms with van der Waals surface area (Å²) in [6.07, 6.45) is 2.91. The minimum Gasteiger partial charge on any atom is -1.00 e. The topological polar surface area (TPSA) is 9.72 Å². The molecule has 0 saturated carbocycles. The summed E-state index contributed by atoms with van der Waals surface area (Å²) >= 11 is 0. The summed E-state index contributed by atoms with van der Waals surface area (Å²) in [6, 6.07) is 0. The zero-order chi connectivity index (χ0) is 11.5. The van der Waals surface area contributed by atoms with E-state index in [1.54, 1.807) is 0 Å². The molecule has 104 valence electrons. The van der Waals surface area contributed by atoms with Crippen LogP contribution in [0, 0.1) is 0 Å². The molecule has 0 N–H and O–H groups in total. The molecule has 4 aliphatic heterocycles. The van der Waals surface area contributed by atoms with Crippen LogP contribution in [0.4, 0.5) is 0 Å². The molecule has 0 aromatic carbocycles. The van der Waals surface area contributed by atoms with Gasteiger partial charge in [0.15, 0.2) is 6.17 Å². The van der Waals surface area contributed by atoms with Gasteiger partial charge in [-0.3, -0.25) is 9.80 Å². The van der Waals surface area contributed by atoms with E-state index in [1.165, 1.54) is 69.8 Å². The van der Waals surface area contributed by atoms with Crippen LogP contribution < -0.4 is 24.0 Å². The molecule has 0 spiro atoms. The van der Waals surface area contributed by atoms with E-state index in [2.05, 4.69) is 21.6 Å². The van der Waals surface area contributed by atoms with Gasteiger partial charge in [0.2, 0.25) is 0 Å². The Hall–Kier alpha value is 0.570. The van der Waals surface area contributed by atoms with Crippen LogP contribution in [0.25, 0.3) is 0 Å². The molecule has 0 amide bonds. The van der Waals surface area contributed by atoms with Gasteiger partial charge in [-0.05, 0) is 6.42 Å². The van der Waals surface area contributed by atoms with Crippen LogP contribution in [0.2, 0.25) is 0 Å². The van der Waals surface area contributed by atoms with Crippen molar-refractivity contribution in [3.63, 3.8) is 0 Å². The second-order valence-electron chi connectivity index (χ2n) is 6.32. The van der Waals surface area contributed by atoms with E-state index in [0.717, 1.165) is 12.3 Å². The lowest BCUT2D eigenvalue weighted by molar-refractivity contribution is -0.954. The molecule has 0 aromatic rings. The van der Waals surface area contributed by atoms with Crippen molar-refractivity contribution in [2.24, 2.45) is 0 Å². The summed E-state index contributed by atoms with van der Waals surface area (Å²) in [7, 11) is 0. The molecule has 4 nitrogen and oxygen atoms in total. The first kappa shape index (κ1) is 13.5. The van der Waals surface area contributed by atoms with Crippen LogP contribution in [-0.2, 0) is 0 Å². The van der Waals surface area contributed by atoms with Gasteiger partial charge in [0.25, 0.3) is 0 Å². The van der Waals surface area contributed by atoms with Crippen LogP contribution in [0.15, 0.2) is 0 Å². The summed E-state index contributed by atoms with van der Waals surface area (Å²) < 4.78 is 1.41. The van der Waals surface area contributed by atoms with Crippen molar-refractivity contribution in [2.75, 3.05) is 58.9 Å². The maximum absolute atomic E-state index is 2.80. The van der Waals surface area contributed by atoms with Crippen LogP contribution in [-0.4, -0.2) is 90.4 Å². The molecule has 4 aliphatic rings. The Labute approximate surface area is 127 Å². The number of hydrogen-bond acceptors (Lipinski definition) is 3. The van der Waals surface area contributed by atoms with E-state index in [0.29, 0.717) is 0 Å². The number of hydrogen-bond donors (Lipinski definition) is 0. The van der Waals surface area contributed by atoms with Gasteiger partial charge in [-0.15, -0.1) is 0 Å². The summed E-state index contributed by atoms with van der Waals surface area (Å²) in [5.41, 5.74) is 0. The molecular weight excluding hydrogens is 339 g/mol. The average molecular weight is 364 g/mol. The number of piperazine rings is 2. The van der Waals surface area contributed by atoms with Gasteiger partial charge in [-0.25, -0.2) is 4.90 Å². The van der Waals surface area contributed by atoms with Gasteiger partial charge in [0.05, 0.1) is 26.2 Å². The fraction of sp³-hybridized carbons (Fsp3) is 1.00. The lowest BCUT2D eigenvalue weighted by Crippen LogP contribution is -3.00. The number of quaternary nitrogens is 1. The Kier molecular flexibility index (Phi) is 3.64. The van der Waals surface area contributed by atoms with E-state index in [1.807, 2.05) is 0 Å². The monoisotopic (exact) mass is 364 g/mol.